The monoisotopic (exact) mass is 480 g/mol. The Kier molecular flexibility index (Phi) is 6.31. The average molecular weight is 481 g/mol. The highest BCUT2D eigenvalue weighted by atomic mass is 16.5. The zero-order valence-electron chi connectivity index (χ0n) is 19.3. The Labute approximate surface area is 206 Å². The second kappa shape index (κ2) is 9.86. The molecule has 0 bridgehead atoms. The third-order valence-electron chi connectivity index (χ3n) is 5.97. The van der Waals surface area contributed by atoms with E-state index in [1.165, 1.54) is 4.57 Å². The van der Waals surface area contributed by atoms with Gasteiger partial charge in [-0.15, -0.1) is 6.42 Å². The fourth-order valence-corrected chi connectivity index (χ4v) is 4.24. The number of ether oxygens (including phenoxy) is 1. The Morgan fingerprint density at radius 2 is 1.83 bits per heavy atom. The molecule has 0 saturated heterocycles. The fraction of sp³-hybridized carbons (Fsp3) is 0.143. The number of hydrogen-bond donors (Lipinski definition) is 4. The minimum absolute atomic E-state index is 0.0899. The molecule has 36 heavy (non-hydrogen) atoms. The molecular formula is C28H24N4O4. The first kappa shape index (κ1) is 23.0. The Morgan fingerprint density at radius 1 is 1.06 bits per heavy atom. The molecule has 3 aromatic carbocycles. The van der Waals surface area contributed by atoms with Gasteiger partial charge in [0, 0.05) is 17.5 Å². The molecule has 0 aliphatic rings. The van der Waals surface area contributed by atoms with Gasteiger partial charge in [0.15, 0.2) is 0 Å². The van der Waals surface area contributed by atoms with E-state index in [9.17, 15) is 9.90 Å². The van der Waals surface area contributed by atoms with Crippen molar-refractivity contribution < 1.29 is 14.9 Å². The van der Waals surface area contributed by atoms with Crippen LogP contribution in [-0.4, -0.2) is 42.9 Å². The van der Waals surface area contributed by atoms with Gasteiger partial charge >= 0.3 is 5.69 Å². The normalized spacial score (nSPS) is 11.9. The Morgan fingerprint density at radius 3 is 2.56 bits per heavy atom. The van der Waals surface area contributed by atoms with Gasteiger partial charge < -0.3 is 24.9 Å². The van der Waals surface area contributed by atoms with E-state index in [-0.39, 0.29) is 24.8 Å². The summed E-state index contributed by atoms with van der Waals surface area (Å²) in [7, 11) is 0. The number of benzene rings is 3. The quantitative estimate of drug-likeness (QED) is 0.253. The van der Waals surface area contributed by atoms with Crippen LogP contribution in [0.2, 0.25) is 0 Å². The van der Waals surface area contributed by atoms with Gasteiger partial charge in [0.1, 0.15) is 29.9 Å². The number of fused-ring (bicyclic) bond motifs is 1. The number of aromatic hydroxyl groups is 1. The molecule has 180 valence electrons. The summed E-state index contributed by atoms with van der Waals surface area (Å²) < 4.78 is 6.72. The maximum atomic E-state index is 13.2. The van der Waals surface area contributed by atoms with Crippen LogP contribution in [0.1, 0.15) is 23.0 Å². The number of terminal acetylenes is 1. The van der Waals surface area contributed by atoms with Crippen LogP contribution in [0.5, 0.6) is 11.6 Å². The first-order valence-electron chi connectivity index (χ1n) is 11.4. The maximum absolute atomic E-state index is 13.2. The van der Waals surface area contributed by atoms with E-state index in [2.05, 4.69) is 15.9 Å². The van der Waals surface area contributed by atoms with Crippen molar-refractivity contribution in [1.82, 2.24) is 19.5 Å². The summed E-state index contributed by atoms with van der Waals surface area (Å²) in [6, 6.07) is 21.5. The number of H-pyrrole nitrogens is 2. The number of aliphatic hydroxyl groups is 1. The molecule has 0 saturated carbocycles. The zero-order chi connectivity index (χ0) is 25.1. The topological polar surface area (TPSA) is 116 Å². The Balaban J connectivity index is 1.58. The van der Waals surface area contributed by atoms with E-state index in [1.807, 2.05) is 48.5 Å². The average Bonchev–Trinajstić information content (AvgIpc) is 3.46. The molecule has 0 radical (unpaired) electrons. The molecule has 0 aliphatic heterocycles. The van der Waals surface area contributed by atoms with Crippen LogP contribution in [0.4, 0.5) is 0 Å². The molecule has 0 unspecified atom stereocenters. The van der Waals surface area contributed by atoms with Gasteiger partial charge in [-0.3, -0.25) is 4.57 Å². The van der Waals surface area contributed by atoms with Crippen LogP contribution in [-0.2, 0) is 6.42 Å². The van der Waals surface area contributed by atoms with Crippen molar-refractivity contribution in [1.29, 1.82) is 0 Å². The minimum atomic E-state index is -0.612. The second-order valence-electron chi connectivity index (χ2n) is 8.30. The Hall–Kier alpha value is -4.74. The molecule has 8 heteroatoms. The molecule has 5 aromatic rings. The summed E-state index contributed by atoms with van der Waals surface area (Å²) in [5, 5.41) is 20.2. The fourth-order valence-electron chi connectivity index (χ4n) is 4.24. The number of rotatable bonds is 8. The summed E-state index contributed by atoms with van der Waals surface area (Å²) in [5.74, 6) is 3.52. The number of aliphatic hydroxyl groups excluding tert-OH is 1. The van der Waals surface area contributed by atoms with E-state index in [1.54, 1.807) is 24.3 Å². The van der Waals surface area contributed by atoms with Gasteiger partial charge in [0.05, 0.1) is 17.6 Å². The number of hydrogen-bond acceptors (Lipinski definition) is 5. The van der Waals surface area contributed by atoms with Gasteiger partial charge in [-0.25, -0.2) is 9.78 Å². The van der Waals surface area contributed by atoms with Crippen molar-refractivity contribution in [3.05, 3.63) is 100 Å². The lowest BCUT2D eigenvalue weighted by molar-refractivity contribution is 0.201. The van der Waals surface area contributed by atoms with Crippen molar-refractivity contribution in [2.24, 2.45) is 0 Å². The summed E-state index contributed by atoms with van der Waals surface area (Å²) in [4.78, 5) is 24.0. The smallest absolute Gasteiger partial charge is 0.329 e. The zero-order valence-corrected chi connectivity index (χ0v) is 19.3. The first-order valence-corrected chi connectivity index (χ1v) is 11.4. The lowest BCUT2D eigenvalue weighted by atomic mass is 10.1. The van der Waals surface area contributed by atoms with E-state index in [0.29, 0.717) is 34.6 Å². The highest BCUT2D eigenvalue weighted by Crippen LogP contribution is 2.33. The van der Waals surface area contributed by atoms with Crippen LogP contribution in [0.15, 0.2) is 77.6 Å². The molecule has 5 rings (SSSR count). The third kappa shape index (κ3) is 4.48. The summed E-state index contributed by atoms with van der Waals surface area (Å²) >= 11 is 0. The lowest BCUT2D eigenvalue weighted by Gasteiger charge is -2.17. The minimum Gasteiger partial charge on any atom is -0.493 e. The highest BCUT2D eigenvalue weighted by Gasteiger charge is 2.26. The molecule has 2 aromatic heterocycles. The van der Waals surface area contributed by atoms with E-state index >= 15 is 0 Å². The predicted octanol–water partition coefficient (Wildman–Crippen LogP) is 3.61. The standard InChI is InChI=1S/C28H24N4O4/c1-2-18-8-13-22-23(16-18)30-26(29-22)24(17-19-6-4-3-5-7-19)32-27(34)25(31-28(32)35)20-9-11-21(12-10-20)36-15-14-33/h1,3-13,16,24,33-34H,14-15,17H2,(H,29,30)(H,31,35)/t24-/m1/s1. The van der Waals surface area contributed by atoms with Crippen molar-refractivity contribution in [3.63, 3.8) is 0 Å². The third-order valence-corrected chi connectivity index (χ3v) is 5.97. The van der Waals surface area contributed by atoms with Gasteiger partial charge in [0.2, 0.25) is 5.88 Å². The van der Waals surface area contributed by atoms with Crippen LogP contribution in [0.25, 0.3) is 22.3 Å². The first-order chi connectivity index (χ1) is 17.6. The van der Waals surface area contributed by atoms with Crippen molar-refractivity contribution in [3.8, 4) is 35.2 Å². The molecule has 4 N–H and O–H groups in total. The molecular weight excluding hydrogens is 456 g/mol. The van der Waals surface area contributed by atoms with Gasteiger partial charge in [-0.2, -0.15) is 0 Å². The summed E-state index contributed by atoms with van der Waals surface area (Å²) in [6.07, 6.45) is 5.96. The van der Waals surface area contributed by atoms with Crippen LogP contribution < -0.4 is 10.4 Å². The number of imidazole rings is 2. The van der Waals surface area contributed by atoms with E-state index < -0.39 is 11.7 Å². The van der Waals surface area contributed by atoms with Gasteiger partial charge in [-0.1, -0.05) is 36.3 Å². The SMILES string of the molecule is C#Cc1ccc2nc([C@@H](Cc3ccccc3)n3c(O)c(-c4ccc(OCCO)cc4)[nH]c3=O)[nH]c2c1. The molecule has 1 atom stereocenters. The van der Waals surface area contributed by atoms with Gasteiger partial charge in [-0.05, 0) is 48.0 Å². The summed E-state index contributed by atoms with van der Waals surface area (Å²) in [5.41, 5.74) is 3.59. The highest BCUT2D eigenvalue weighted by molar-refractivity contribution is 5.77. The largest absolute Gasteiger partial charge is 0.493 e. The van der Waals surface area contributed by atoms with E-state index in [4.69, 9.17) is 21.3 Å². The molecule has 0 spiro atoms. The number of aromatic amines is 2. The number of nitrogens with one attached hydrogen (secondary N) is 2. The van der Waals surface area contributed by atoms with Crippen LogP contribution in [0.3, 0.4) is 0 Å². The Bertz CT molecular complexity index is 1590. The maximum Gasteiger partial charge on any atom is 0.329 e. The molecule has 0 aliphatic carbocycles. The van der Waals surface area contributed by atoms with Gasteiger partial charge in [0.25, 0.3) is 0 Å². The molecule has 0 fully saturated rings. The molecule has 2 heterocycles. The summed E-state index contributed by atoms with van der Waals surface area (Å²) in [6.45, 7) is 0.0899. The van der Waals surface area contributed by atoms with Crippen molar-refractivity contribution in [2.45, 2.75) is 12.5 Å². The van der Waals surface area contributed by atoms with Crippen LogP contribution >= 0.6 is 0 Å². The number of nitrogens with zero attached hydrogens (tertiary/aromatic N) is 2. The molecule has 0 amide bonds. The second-order valence-corrected chi connectivity index (χ2v) is 8.30. The van der Waals surface area contributed by atoms with Crippen molar-refractivity contribution in [2.75, 3.05) is 13.2 Å². The molecule has 8 nitrogen and oxygen atoms in total. The lowest BCUT2D eigenvalue weighted by Crippen LogP contribution is -2.25. The number of aromatic nitrogens is 4. The van der Waals surface area contributed by atoms with Crippen molar-refractivity contribution >= 4 is 11.0 Å². The van der Waals surface area contributed by atoms with E-state index in [0.717, 1.165) is 11.1 Å². The van der Waals surface area contributed by atoms with Crippen LogP contribution in [0, 0.1) is 12.3 Å². The predicted molar refractivity (Wildman–Crippen MR) is 137 cm³/mol.